The molecule has 0 aliphatic carbocycles. The van der Waals surface area contributed by atoms with Crippen molar-refractivity contribution < 1.29 is 4.74 Å². The van der Waals surface area contributed by atoms with E-state index in [1.54, 1.807) is 7.11 Å². The molecule has 2 atom stereocenters. The highest BCUT2D eigenvalue weighted by Crippen LogP contribution is 2.12. The Morgan fingerprint density at radius 2 is 2.07 bits per heavy atom. The van der Waals surface area contributed by atoms with E-state index in [-0.39, 0.29) is 12.0 Å². The molecule has 0 fully saturated rings. The first-order chi connectivity index (χ1) is 7.27. The Hall–Kier alpha value is -1.53. The molecular weight excluding hydrogens is 188 g/mol. The first-order valence-electron chi connectivity index (χ1n) is 4.98. The summed E-state index contributed by atoms with van der Waals surface area (Å²) < 4.78 is 5.03. The molecule has 1 aromatic carbocycles. The maximum Gasteiger partial charge on any atom is 0.119 e. The van der Waals surface area contributed by atoms with Gasteiger partial charge in [0.05, 0.1) is 12.7 Å². The molecule has 0 heterocycles. The van der Waals surface area contributed by atoms with Crippen molar-refractivity contribution in [1.82, 2.24) is 0 Å². The van der Waals surface area contributed by atoms with Crippen molar-refractivity contribution in [2.24, 2.45) is 5.92 Å². The maximum absolute atomic E-state index is 9.02. The molecule has 2 unspecified atom stereocenters. The van der Waals surface area contributed by atoms with Crippen LogP contribution >= 0.6 is 0 Å². The molecular formula is C12H16N2O. The quantitative estimate of drug-likeness (QED) is 0.800. The molecule has 15 heavy (non-hydrogen) atoms. The van der Waals surface area contributed by atoms with Crippen LogP contribution in [0.15, 0.2) is 30.3 Å². The summed E-state index contributed by atoms with van der Waals surface area (Å²) in [5.41, 5.74) is 0.965. The average Bonchev–Trinajstić information content (AvgIpc) is 2.27. The number of ether oxygens (including phenoxy) is 1. The molecule has 1 aromatic rings. The molecule has 0 saturated carbocycles. The molecule has 1 rings (SSSR count). The molecule has 0 radical (unpaired) electrons. The second kappa shape index (κ2) is 6.05. The normalized spacial score (nSPS) is 13.9. The van der Waals surface area contributed by atoms with Gasteiger partial charge in [0.1, 0.15) is 6.04 Å². The molecule has 80 valence electrons. The lowest BCUT2D eigenvalue weighted by Gasteiger charge is -2.19. The van der Waals surface area contributed by atoms with Crippen molar-refractivity contribution in [3.8, 4) is 6.07 Å². The average molecular weight is 204 g/mol. The molecule has 0 saturated heterocycles. The Bertz CT molecular complexity index is 318. The maximum atomic E-state index is 9.02. The first-order valence-corrected chi connectivity index (χ1v) is 4.98. The van der Waals surface area contributed by atoms with Crippen molar-refractivity contribution >= 4 is 5.69 Å². The Labute approximate surface area is 90.7 Å². The standard InChI is InChI=1S/C12H16N2O/c1-10(9-15-2)12(8-13)14-11-6-4-3-5-7-11/h3-7,10,12,14H,9H2,1-2H3. The number of nitriles is 1. The highest BCUT2D eigenvalue weighted by atomic mass is 16.5. The number of benzene rings is 1. The van der Waals surface area contributed by atoms with Crippen LogP contribution in [0.25, 0.3) is 0 Å². The van der Waals surface area contributed by atoms with Gasteiger partial charge in [-0.2, -0.15) is 5.26 Å². The lowest BCUT2D eigenvalue weighted by molar-refractivity contribution is 0.157. The van der Waals surface area contributed by atoms with Crippen molar-refractivity contribution in [1.29, 1.82) is 5.26 Å². The topological polar surface area (TPSA) is 45.0 Å². The monoisotopic (exact) mass is 204 g/mol. The summed E-state index contributed by atoms with van der Waals surface area (Å²) in [5.74, 6) is 0.167. The number of rotatable bonds is 5. The van der Waals surface area contributed by atoms with Gasteiger partial charge in [-0.15, -0.1) is 0 Å². The summed E-state index contributed by atoms with van der Waals surface area (Å²) in [4.78, 5) is 0. The van der Waals surface area contributed by atoms with Crippen molar-refractivity contribution in [3.05, 3.63) is 30.3 Å². The van der Waals surface area contributed by atoms with Crippen LogP contribution in [0.3, 0.4) is 0 Å². The fraction of sp³-hybridized carbons (Fsp3) is 0.417. The smallest absolute Gasteiger partial charge is 0.119 e. The lowest BCUT2D eigenvalue weighted by atomic mass is 10.0. The van der Waals surface area contributed by atoms with Gasteiger partial charge in [0.2, 0.25) is 0 Å². The van der Waals surface area contributed by atoms with Gasteiger partial charge in [-0.1, -0.05) is 25.1 Å². The Kier molecular flexibility index (Phi) is 4.65. The van der Waals surface area contributed by atoms with Crippen LogP contribution < -0.4 is 5.32 Å². The van der Waals surface area contributed by atoms with Gasteiger partial charge in [0.25, 0.3) is 0 Å². The summed E-state index contributed by atoms with van der Waals surface area (Å²) in [7, 11) is 1.65. The van der Waals surface area contributed by atoms with Gasteiger partial charge in [-0.3, -0.25) is 0 Å². The summed E-state index contributed by atoms with van der Waals surface area (Å²) in [6.07, 6.45) is 0. The van der Waals surface area contributed by atoms with Crippen LogP contribution in [0.4, 0.5) is 5.69 Å². The third-order valence-corrected chi connectivity index (χ3v) is 2.23. The summed E-state index contributed by atoms with van der Waals surface area (Å²) >= 11 is 0. The lowest BCUT2D eigenvalue weighted by Crippen LogP contribution is -2.28. The molecule has 0 spiro atoms. The Morgan fingerprint density at radius 1 is 1.40 bits per heavy atom. The van der Waals surface area contributed by atoms with E-state index in [1.165, 1.54) is 0 Å². The molecule has 0 bridgehead atoms. The summed E-state index contributed by atoms with van der Waals surface area (Å²) in [6, 6.07) is 11.8. The SMILES string of the molecule is COCC(C)C(C#N)Nc1ccccc1. The fourth-order valence-corrected chi connectivity index (χ4v) is 1.37. The minimum atomic E-state index is -0.215. The summed E-state index contributed by atoms with van der Waals surface area (Å²) in [5, 5.41) is 12.2. The van der Waals surface area contributed by atoms with Gasteiger partial charge in [-0.25, -0.2) is 0 Å². The zero-order valence-electron chi connectivity index (χ0n) is 9.10. The highest BCUT2D eigenvalue weighted by Gasteiger charge is 2.15. The summed E-state index contributed by atoms with van der Waals surface area (Å²) in [6.45, 7) is 2.57. The fourth-order valence-electron chi connectivity index (χ4n) is 1.37. The van der Waals surface area contributed by atoms with Gasteiger partial charge < -0.3 is 10.1 Å². The number of nitrogens with zero attached hydrogens (tertiary/aromatic N) is 1. The number of hydrogen-bond acceptors (Lipinski definition) is 3. The third-order valence-electron chi connectivity index (χ3n) is 2.23. The van der Waals surface area contributed by atoms with E-state index in [1.807, 2.05) is 37.3 Å². The van der Waals surface area contributed by atoms with Gasteiger partial charge in [0, 0.05) is 18.7 Å². The minimum absolute atomic E-state index is 0.167. The molecule has 0 aliphatic heterocycles. The van der Waals surface area contributed by atoms with Crippen molar-refractivity contribution in [2.45, 2.75) is 13.0 Å². The van der Waals surface area contributed by atoms with E-state index in [0.29, 0.717) is 6.61 Å². The van der Waals surface area contributed by atoms with Crippen LogP contribution in [0.1, 0.15) is 6.92 Å². The number of methoxy groups -OCH3 is 1. The van der Waals surface area contributed by atoms with E-state index in [0.717, 1.165) is 5.69 Å². The highest BCUT2D eigenvalue weighted by molar-refractivity contribution is 5.44. The van der Waals surface area contributed by atoms with Crippen LogP contribution in [0.5, 0.6) is 0 Å². The molecule has 0 aromatic heterocycles. The number of hydrogen-bond donors (Lipinski definition) is 1. The number of nitrogens with one attached hydrogen (secondary N) is 1. The predicted molar refractivity (Wildman–Crippen MR) is 60.5 cm³/mol. The van der Waals surface area contributed by atoms with E-state index in [2.05, 4.69) is 11.4 Å². The van der Waals surface area contributed by atoms with Crippen molar-refractivity contribution in [2.75, 3.05) is 19.0 Å². The molecule has 3 nitrogen and oxygen atoms in total. The zero-order valence-corrected chi connectivity index (χ0v) is 9.10. The van der Waals surface area contributed by atoms with E-state index in [9.17, 15) is 0 Å². The zero-order chi connectivity index (χ0) is 11.1. The Balaban J connectivity index is 2.59. The molecule has 0 aliphatic rings. The van der Waals surface area contributed by atoms with Crippen LogP contribution in [0, 0.1) is 17.2 Å². The number of anilines is 1. The van der Waals surface area contributed by atoms with Crippen LogP contribution in [-0.2, 0) is 4.74 Å². The predicted octanol–water partition coefficient (Wildman–Crippen LogP) is 2.27. The van der Waals surface area contributed by atoms with Gasteiger partial charge in [0.15, 0.2) is 0 Å². The first kappa shape index (κ1) is 11.5. The largest absolute Gasteiger partial charge is 0.384 e. The molecule has 0 amide bonds. The van der Waals surface area contributed by atoms with Gasteiger partial charge >= 0.3 is 0 Å². The van der Waals surface area contributed by atoms with E-state index < -0.39 is 0 Å². The second-order valence-electron chi connectivity index (χ2n) is 3.55. The molecule has 3 heteroatoms. The van der Waals surface area contributed by atoms with Crippen LogP contribution in [-0.4, -0.2) is 19.8 Å². The van der Waals surface area contributed by atoms with E-state index in [4.69, 9.17) is 10.00 Å². The Morgan fingerprint density at radius 3 is 2.60 bits per heavy atom. The van der Waals surface area contributed by atoms with Gasteiger partial charge in [-0.05, 0) is 12.1 Å². The van der Waals surface area contributed by atoms with Crippen molar-refractivity contribution in [3.63, 3.8) is 0 Å². The molecule has 1 N–H and O–H groups in total. The van der Waals surface area contributed by atoms with E-state index >= 15 is 0 Å². The minimum Gasteiger partial charge on any atom is -0.384 e. The number of para-hydroxylation sites is 1. The van der Waals surface area contributed by atoms with Crippen LogP contribution in [0.2, 0.25) is 0 Å². The second-order valence-corrected chi connectivity index (χ2v) is 3.55. The third kappa shape index (κ3) is 3.61.